The van der Waals surface area contributed by atoms with Gasteiger partial charge in [-0.2, -0.15) is 0 Å². The molecule has 0 bridgehead atoms. The van der Waals surface area contributed by atoms with Crippen molar-refractivity contribution in [1.82, 2.24) is 20.3 Å². The summed E-state index contributed by atoms with van der Waals surface area (Å²) in [6.45, 7) is 2.65. The number of amides is 2. The van der Waals surface area contributed by atoms with E-state index in [0.717, 1.165) is 36.1 Å². The number of unbranched alkanes of at least 4 members (excludes halogenated alkanes) is 1. The van der Waals surface area contributed by atoms with Crippen LogP contribution in [0.15, 0.2) is 72.9 Å². The molecule has 4 aromatic rings. The molecule has 156 valence electrons. The number of rotatable bonds is 7. The van der Waals surface area contributed by atoms with Gasteiger partial charge in [-0.25, -0.2) is 14.8 Å². The summed E-state index contributed by atoms with van der Waals surface area (Å²) in [5.74, 6) is 0.450. The second-order valence-electron chi connectivity index (χ2n) is 7.43. The lowest BCUT2D eigenvalue weighted by Gasteiger charge is -2.09. The third-order valence-electron chi connectivity index (χ3n) is 5.09. The van der Waals surface area contributed by atoms with E-state index in [9.17, 15) is 4.79 Å². The molecule has 2 aromatic heterocycles. The minimum Gasteiger partial charge on any atom is -0.338 e. The molecule has 0 atom stereocenters. The topological polar surface area (TPSA) is 79.8 Å². The number of hydrogen-bond donors (Lipinski definition) is 2. The van der Waals surface area contributed by atoms with E-state index in [1.165, 1.54) is 5.56 Å². The largest absolute Gasteiger partial charge is 0.338 e. The van der Waals surface area contributed by atoms with Crippen molar-refractivity contribution in [2.24, 2.45) is 0 Å². The molecule has 2 heterocycles. The summed E-state index contributed by atoms with van der Waals surface area (Å²) in [5, 5.41) is 5.67. The second-order valence-corrected chi connectivity index (χ2v) is 7.43. The predicted molar refractivity (Wildman–Crippen MR) is 124 cm³/mol. The standard InChI is InChI=1S/C25H25N5O/c1-18-9-5-6-13-20(18)22-17-27-21-14-15-23(29-24(21)28-22)30-25(31)26-16-8-7-12-19-10-3-2-4-11-19/h2-6,9-11,13-15,17H,7-8,12,16H2,1H3,(H2,26,28,29,30,31). The van der Waals surface area contributed by atoms with Gasteiger partial charge >= 0.3 is 6.03 Å². The van der Waals surface area contributed by atoms with Gasteiger partial charge in [0, 0.05) is 12.1 Å². The molecule has 0 aliphatic heterocycles. The SMILES string of the molecule is Cc1ccccc1-c1cnc2ccc(NC(=O)NCCCCc3ccccc3)nc2n1. The van der Waals surface area contributed by atoms with Gasteiger partial charge in [-0.3, -0.25) is 10.3 Å². The van der Waals surface area contributed by atoms with Crippen molar-refractivity contribution in [3.63, 3.8) is 0 Å². The first-order chi connectivity index (χ1) is 15.2. The van der Waals surface area contributed by atoms with Gasteiger partial charge < -0.3 is 5.32 Å². The number of fused-ring (bicyclic) bond motifs is 1. The van der Waals surface area contributed by atoms with Gasteiger partial charge in [0.05, 0.1) is 11.9 Å². The van der Waals surface area contributed by atoms with E-state index in [4.69, 9.17) is 0 Å². The fourth-order valence-corrected chi connectivity index (χ4v) is 3.42. The molecule has 0 saturated heterocycles. The first kappa shape index (κ1) is 20.5. The predicted octanol–water partition coefficient (Wildman–Crippen LogP) is 5.14. The van der Waals surface area contributed by atoms with Gasteiger partial charge in [-0.1, -0.05) is 54.6 Å². The molecule has 6 heteroatoms. The van der Waals surface area contributed by atoms with Crippen LogP contribution in [0.3, 0.4) is 0 Å². The number of aryl methyl sites for hydroxylation is 2. The van der Waals surface area contributed by atoms with Crippen LogP contribution in [0.25, 0.3) is 22.4 Å². The van der Waals surface area contributed by atoms with E-state index in [0.29, 0.717) is 23.5 Å². The number of urea groups is 1. The van der Waals surface area contributed by atoms with Gasteiger partial charge in [-0.15, -0.1) is 0 Å². The average molecular weight is 412 g/mol. The molecule has 0 spiro atoms. The fourth-order valence-electron chi connectivity index (χ4n) is 3.42. The Labute approximate surface area is 181 Å². The Bertz CT molecular complexity index is 1180. The van der Waals surface area contributed by atoms with E-state index in [2.05, 4.69) is 37.7 Å². The first-order valence-corrected chi connectivity index (χ1v) is 10.5. The number of nitrogens with one attached hydrogen (secondary N) is 2. The van der Waals surface area contributed by atoms with Crippen LogP contribution in [0, 0.1) is 6.92 Å². The molecule has 2 N–H and O–H groups in total. The van der Waals surface area contributed by atoms with E-state index < -0.39 is 0 Å². The Morgan fingerprint density at radius 1 is 0.903 bits per heavy atom. The zero-order chi connectivity index (χ0) is 21.5. The molecular formula is C25H25N5O. The number of anilines is 1. The van der Waals surface area contributed by atoms with Crippen molar-refractivity contribution >= 4 is 23.0 Å². The Morgan fingerprint density at radius 2 is 1.71 bits per heavy atom. The van der Waals surface area contributed by atoms with Crippen molar-refractivity contribution in [3.05, 3.63) is 84.1 Å². The third kappa shape index (κ3) is 5.42. The minimum absolute atomic E-state index is 0.269. The van der Waals surface area contributed by atoms with E-state index in [1.54, 1.807) is 12.3 Å². The lowest BCUT2D eigenvalue weighted by molar-refractivity contribution is 0.252. The lowest BCUT2D eigenvalue weighted by atomic mass is 10.1. The summed E-state index contributed by atoms with van der Waals surface area (Å²) < 4.78 is 0. The van der Waals surface area contributed by atoms with Crippen LogP contribution in [0.5, 0.6) is 0 Å². The maximum atomic E-state index is 12.2. The zero-order valence-electron chi connectivity index (χ0n) is 17.5. The van der Waals surface area contributed by atoms with Crippen LogP contribution in [0.1, 0.15) is 24.0 Å². The average Bonchev–Trinajstić information content (AvgIpc) is 2.79. The molecule has 0 aliphatic carbocycles. The molecule has 6 nitrogen and oxygen atoms in total. The summed E-state index contributed by atoms with van der Waals surface area (Å²) >= 11 is 0. The van der Waals surface area contributed by atoms with Crippen molar-refractivity contribution in [2.75, 3.05) is 11.9 Å². The van der Waals surface area contributed by atoms with Crippen molar-refractivity contribution < 1.29 is 4.79 Å². The van der Waals surface area contributed by atoms with Crippen LogP contribution in [0.2, 0.25) is 0 Å². The summed E-state index contributed by atoms with van der Waals surface area (Å²) in [5.41, 5.74) is 5.41. The quantitative estimate of drug-likeness (QED) is 0.413. The molecular weight excluding hydrogens is 386 g/mol. The second kappa shape index (κ2) is 9.80. The van der Waals surface area contributed by atoms with Crippen LogP contribution in [0.4, 0.5) is 10.6 Å². The molecule has 2 amide bonds. The maximum Gasteiger partial charge on any atom is 0.320 e. The van der Waals surface area contributed by atoms with Crippen LogP contribution in [-0.4, -0.2) is 27.5 Å². The van der Waals surface area contributed by atoms with Crippen LogP contribution >= 0.6 is 0 Å². The van der Waals surface area contributed by atoms with Crippen molar-refractivity contribution in [1.29, 1.82) is 0 Å². The lowest BCUT2D eigenvalue weighted by Crippen LogP contribution is -2.29. The normalized spacial score (nSPS) is 10.7. The smallest absolute Gasteiger partial charge is 0.320 e. The highest BCUT2D eigenvalue weighted by Crippen LogP contribution is 2.22. The van der Waals surface area contributed by atoms with Gasteiger partial charge in [-0.05, 0) is 49.4 Å². The molecule has 0 fully saturated rings. The number of carbonyl (C=O) groups is 1. The van der Waals surface area contributed by atoms with Gasteiger partial charge in [0.25, 0.3) is 0 Å². The molecule has 0 unspecified atom stereocenters. The number of nitrogens with zero attached hydrogens (tertiary/aromatic N) is 3. The Hall–Kier alpha value is -3.80. The van der Waals surface area contributed by atoms with Crippen molar-refractivity contribution in [2.45, 2.75) is 26.2 Å². The maximum absolute atomic E-state index is 12.2. The number of aromatic nitrogens is 3. The van der Waals surface area contributed by atoms with Gasteiger partial charge in [0.1, 0.15) is 11.3 Å². The van der Waals surface area contributed by atoms with E-state index in [-0.39, 0.29) is 6.03 Å². The van der Waals surface area contributed by atoms with Crippen molar-refractivity contribution in [3.8, 4) is 11.3 Å². The Kier molecular flexibility index (Phi) is 6.47. The van der Waals surface area contributed by atoms with Gasteiger partial charge in [0.15, 0.2) is 5.65 Å². The molecule has 0 aliphatic rings. The minimum atomic E-state index is -0.269. The molecule has 0 radical (unpaired) electrons. The fraction of sp³-hybridized carbons (Fsp3) is 0.200. The number of pyridine rings is 1. The van der Waals surface area contributed by atoms with Crippen LogP contribution in [-0.2, 0) is 6.42 Å². The van der Waals surface area contributed by atoms with Gasteiger partial charge in [0.2, 0.25) is 0 Å². The van der Waals surface area contributed by atoms with E-state index in [1.807, 2.05) is 55.5 Å². The third-order valence-corrected chi connectivity index (χ3v) is 5.09. The summed E-state index contributed by atoms with van der Waals surface area (Å²) in [4.78, 5) is 25.8. The molecule has 31 heavy (non-hydrogen) atoms. The number of carbonyl (C=O) groups excluding carboxylic acids is 1. The monoisotopic (exact) mass is 411 g/mol. The Morgan fingerprint density at radius 3 is 2.55 bits per heavy atom. The highest BCUT2D eigenvalue weighted by molar-refractivity contribution is 5.89. The summed E-state index contributed by atoms with van der Waals surface area (Å²) in [6.07, 6.45) is 4.70. The molecule has 2 aromatic carbocycles. The zero-order valence-corrected chi connectivity index (χ0v) is 17.5. The highest BCUT2D eigenvalue weighted by Gasteiger charge is 2.08. The number of benzene rings is 2. The molecule has 0 saturated carbocycles. The van der Waals surface area contributed by atoms with Crippen LogP contribution < -0.4 is 10.6 Å². The first-order valence-electron chi connectivity index (χ1n) is 10.5. The summed E-state index contributed by atoms with van der Waals surface area (Å²) in [6, 6.07) is 21.7. The Balaban J connectivity index is 1.33. The highest BCUT2D eigenvalue weighted by atomic mass is 16.2. The van der Waals surface area contributed by atoms with E-state index >= 15 is 0 Å². The number of hydrogen-bond acceptors (Lipinski definition) is 4. The summed E-state index contributed by atoms with van der Waals surface area (Å²) in [7, 11) is 0. The molecule has 4 rings (SSSR count).